The second-order valence-electron chi connectivity index (χ2n) is 3.86. The van der Waals surface area contributed by atoms with Gasteiger partial charge in [0.05, 0.1) is 6.61 Å². The van der Waals surface area contributed by atoms with Gasteiger partial charge in [-0.05, 0) is 6.42 Å². The molecule has 1 aromatic rings. The molecule has 0 saturated carbocycles. The molecule has 0 aliphatic heterocycles. The van der Waals surface area contributed by atoms with Crippen molar-refractivity contribution in [2.45, 2.75) is 38.8 Å². The molecule has 0 radical (unpaired) electrons. The van der Waals surface area contributed by atoms with Crippen LogP contribution in [-0.4, -0.2) is 27.3 Å². The molecule has 1 atom stereocenters. The quantitative estimate of drug-likeness (QED) is 0.731. The number of hydrogen-bond donors (Lipinski definition) is 2. The number of aromatic nitrogens is 2. The Morgan fingerprint density at radius 1 is 1.57 bits per heavy atom. The van der Waals surface area contributed by atoms with Gasteiger partial charge in [-0.2, -0.15) is 0 Å². The van der Waals surface area contributed by atoms with Gasteiger partial charge in [-0.3, -0.25) is 0 Å². The van der Waals surface area contributed by atoms with Crippen molar-refractivity contribution in [2.24, 2.45) is 5.73 Å². The molecule has 80 valence electrons. The monoisotopic (exact) mass is 197 g/mol. The highest BCUT2D eigenvalue weighted by atomic mass is 16.3. The summed E-state index contributed by atoms with van der Waals surface area (Å²) in [4.78, 5) is 4.28. The SMILES string of the molecule is CC(C)c1nccn1CCC(N)CO. The molecule has 14 heavy (non-hydrogen) atoms. The van der Waals surface area contributed by atoms with Crippen LogP contribution in [0, 0.1) is 0 Å². The van der Waals surface area contributed by atoms with Crippen LogP contribution in [0.15, 0.2) is 12.4 Å². The Kier molecular flexibility index (Phi) is 4.10. The Bertz CT molecular complexity index is 270. The lowest BCUT2D eigenvalue weighted by Gasteiger charge is -2.12. The molecule has 1 aromatic heterocycles. The van der Waals surface area contributed by atoms with E-state index in [1.807, 2.05) is 6.20 Å². The van der Waals surface area contributed by atoms with E-state index in [9.17, 15) is 0 Å². The summed E-state index contributed by atoms with van der Waals surface area (Å²) in [7, 11) is 0. The number of hydrogen-bond acceptors (Lipinski definition) is 3. The predicted molar refractivity (Wildman–Crippen MR) is 56.0 cm³/mol. The molecule has 0 aromatic carbocycles. The average molecular weight is 197 g/mol. The fourth-order valence-corrected chi connectivity index (χ4v) is 1.41. The zero-order chi connectivity index (χ0) is 10.6. The molecule has 0 aliphatic carbocycles. The summed E-state index contributed by atoms with van der Waals surface area (Å²) in [5.74, 6) is 1.51. The van der Waals surface area contributed by atoms with E-state index in [0.717, 1.165) is 18.8 Å². The van der Waals surface area contributed by atoms with Crippen LogP contribution in [0.2, 0.25) is 0 Å². The van der Waals surface area contributed by atoms with Crippen molar-refractivity contribution in [3.8, 4) is 0 Å². The third-order valence-electron chi connectivity index (χ3n) is 2.24. The first-order valence-electron chi connectivity index (χ1n) is 5.02. The van der Waals surface area contributed by atoms with Gasteiger partial charge < -0.3 is 15.4 Å². The van der Waals surface area contributed by atoms with Crippen LogP contribution in [-0.2, 0) is 6.54 Å². The molecule has 0 saturated heterocycles. The zero-order valence-corrected chi connectivity index (χ0v) is 8.85. The standard InChI is InChI=1S/C10H19N3O/c1-8(2)10-12-4-6-13(10)5-3-9(11)7-14/h4,6,8-9,14H,3,5,7,11H2,1-2H3. The minimum atomic E-state index is -0.127. The van der Waals surface area contributed by atoms with E-state index in [0.29, 0.717) is 5.92 Å². The molecule has 1 rings (SSSR count). The highest BCUT2D eigenvalue weighted by molar-refractivity contribution is 4.97. The van der Waals surface area contributed by atoms with Gasteiger partial charge in [-0.15, -0.1) is 0 Å². The van der Waals surface area contributed by atoms with Crippen molar-refractivity contribution in [3.63, 3.8) is 0 Å². The van der Waals surface area contributed by atoms with Crippen molar-refractivity contribution in [1.29, 1.82) is 0 Å². The molecule has 0 fully saturated rings. The number of aliphatic hydroxyl groups excluding tert-OH is 1. The molecule has 3 N–H and O–H groups in total. The fraction of sp³-hybridized carbons (Fsp3) is 0.700. The van der Waals surface area contributed by atoms with E-state index in [2.05, 4.69) is 23.4 Å². The molecular weight excluding hydrogens is 178 g/mol. The van der Waals surface area contributed by atoms with Crippen molar-refractivity contribution in [2.75, 3.05) is 6.61 Å². The Hall–Kier alpha value is -0.870. The van der Waals surface area contributed by atoms with Gasteiger partial charge in [0.15, 0.2) is 0 Å². The van der Waals surface area contributed by atoms with Gasteiger partial charge in [0.25, 0.3) is 0 Å². The second-order valence-corrected chi connectivity index (χ2v) is 3.86. The average Bonchev–Trinajstić information content (AvgIpc) is 2.62. The van der Waals surface area contributed by atoms with Crippen LogP contribution >= 0.6 is 0 Å². The minimum Gasteiger partial charge on any atom is -0.395 e. The number of nitrogens with zero attached hydrogens (tertiary/aromatic N) is 2. The Labute approximate surface area is 84.8 Å². The second kappa shape index (κ2) is 5.12. The number of aliphatic hydroxyl groups is 1. The summed E-state index contributed by atoms with van der Waals surface area (Å²) < 4.78 is 2.10. The van der Waals surface area contributed by atoms with Crippen molar-refractivity contribution >= 4 is 0 Å². The van der Waals surface area contributed by atoms with Gasteiger partial charge >= 0.3 is 0 Å². The summed E-state index contributed by atoms with van der Waals surface area (Å²) in [6.45, 7) is 5.11. The number of rotatable bonds is 5. The van der Waals surface area contributed by atoms with E-state index < -0.39 is 0 Å². The van der Waals surface area contributed by atoms with Crippen LogP contribution < -0.4 is 5.73 Å². The van der Waals surface area contributed by atoms with E-state index >= 15 is 0 Å². The van der Waals surface area contributed by atoms with Crippen LogP contribution in [0.5, 0.6) is 0 Å². The first-order valence-corrected chi connectivity index (χ1v) is 5.02. The van der Waals surface area contributed by atoms with Crippen LogP contribution in [0.25, 0.3) is 0 Å². The molecule has 4 nitrogen and oxygen atoms in total. The molecule has 1 unspecified atom stereocenters. The fourth-order valence-electron chi connectivity index (χ4n) is 1.41. The number of nitrogens with two attached hydrogens (primary N) is 1. The van der Waals surface area contributed by atoms with E-state index in [1.165, 1.54) is 0 Å². The normalized spacial score (nSPS) is 13.5. The smallest absolute Gasteiger partial charge is 0.111 e. The molecule has 0 amide bonds. The molecule has 0 aliphatic rings. The van der Waals surface area contributed by atoms with Crippen molar-refractivity contribution in [1.82, 2.24) is 9.55 Å². The van der Waals surface area contributed by atoms with Crippen molar-refractivity contribution < 1.29 is 5.11 Å². The summed E-state index contributed by atoms with van der Waals surface area (Å²) in [6.07, 6.45) is 4.55. The lowest BCUT2D eigenvalue weighted by Crippen LogP contribution is -2.26. The predicted octanol–water partition coefficient (Wildman–Crippen LogP) is 0.716. The van der Waals surface area contributed by atoms with Crippen molar-refractivity contribution in [3.05, 3.63) is 18.2 Å². The maximum absolute atomic E-state index is 8.79. The van der Waals surface area contributed by atoms with Gasteiger partial charge in [0.2, 0.25) is 0 Å². The first kappa shape index (κ1) is 11.2. The lowest BCUT2D eigenvalue weighted by atomic mass is 10.2. The highest BCUT2D eigenvalue weighted by Gasteiger charge is 2.08. The van der Waals surface area contributed by atoms with E-state index in [-0.39, 0.29) is 12.6 Å². The number of imidazole rings is 1. The third kappa shape index (κ3) is 2.82. The van der Waals surface area contributed by atoms with Crippen LogP contribution in [0.4, 0.5) is 0 Å². The molecule has 1 heterocycles. The topological polar surface area (TPSA) is 64.1 Å². The summed E-state index contributed by atoms with van der Waals surface area (Å²) in [5.41, 5.74) is 5.63. The summed E-state index contributed by atoms with van der Waals surface area (Å²) >= 11 is 0. The van der Waals surface area contributed by atoms with E-state index in [4.69, 9.17) is 10.8 Å². The molecular formula is C10H19N3O. The van der Waals surface area contributed by atoms with Gasteiger partial charge in [0, 0.05) is 30.9 Å². The van der Waals surface area contributed by atoms with Crippen LogP contribution in [0.1, 0.15) is 32.0 Å². The zero-order valence-electron chi connectivity index (χ0n) is 8.85. The largest absolute Gasteiger partial charge is 0.395 e. The van der Waals surface area contributed by atoms with Gasteiger partial charge in [0.1, 0.15) is 5.82 Å². The summed E-state index contributed by atoms with van der Waals surface area (Å²) in [6, 6.07) is -0.127. The maximum Gasteiger partial charge on any atom is 0.111 e. The highest BCUT2D eigenvalue weighted by Crippen LogP contribution is 2.12. The number of aryl methyl sites for hydroxylation is 1. The van der Waals surface area contributed by atoms with Gasteiger partial charge in [-0.1, -0.05) is 13.8 Å². The third-order valence-corrected chi connectivity index (χ3v) is 2.24. The minimum absolute atomic E-state index is 0.0473. The van der Waals surface area contributed by atoms with Gasteiger partial charge in [-0.25, -0.2) is 4.98 Å². The first-order chi connectivity index (χ1) is 6.65. The maximum atomic E-state index is 8.79. The Morgan fingerprint density at radius 3 is 2.86 bits per heavy atom. The van der Waals surface area contributed by atoms with Crippen LogP contribution in [0.3, 0.4) is 0 Å². The lowest BCUT2D eigenvalue weighted by molar-refractivity contribution is 0.255. The Balaban J connectivity index is 2.54. The Morgan fingerprint density at radius 2 is 2.29 bits per heavy atom. The molecule has 0 spiro atoms. The molecule has 0 bridgehead atoms. The summed E-state index contributed by atoms with van der Waals surface area (Å²) in [5, 5.41) is 8.79. The van der Waals surface area contributed by atoms with E-state index in [1.54, 1.807) is 6.20 Å². The molecule has 4 heteroatoms.